The lowest BCUT2D eigenvalue weighted by molar-refractivity contribution is 0.102. The first-order valence-corrected chi connectivity index (χ1v) is 10.6. The number of thioether (sulfide) groups is 1. The van der Waals surface area contributed by atoms with E-state index in [2.05, 4.69) is 25.5 Å². The van der Waals surface area contributed by atoms with Gasteiger partial charge in [-0.3, -0.25) is 4.79 Å². The Morgan fingerprint density at radius 3 is 2.83 bits per heavy atom. The molecular formula is C21H22N6O2S. The minimum absolute atomic E-state index is 0.211. The highest BCUT2D eigenvalue weighted by Gasteiger charge is 2.16. The average Bonchev–Trinajstić information content (AvgIpc) is 3.29. The van der Waals surface area contributed by atoms with Gasteiger partial charge < -0.3 is 9.84 Å². The van der Waals surface area contributed by atoms with Crippen molar-refractivity contribution in [2.45, 2.75) is 44.5 Å². The summed E-state index contributed by atoms with van der Waals surface area (Å²) < 4.78 is 7.07. The molecule has 0 unspecified atom stereocenters. The van der Waals surface area contributed by atoms with E-state index in [1.165, 1.54) is 11.8 Å². The van der Waals surface area contributed by atoms with Crippen molar-refractivity contribution in [1.82, 2.24) is 24.9 Å². The summed E-state index contributed by atoms with van der Waals surface area (Å²) in [4.78, 5) is 21.8. The molecule has 1 N–H and O–H groups in total. The van der Waals surface area contributed by atoms with Crippen LogP contribution < -0.4 is 5.32 Å². The summed E-state index contributed by atoms with van der Waals surface area (Å²) in [6, 6.07) is 5.60. The van der Waals surface area contributed by atoms with Crippen LogP contribution in [0.5, 0.6) is 0 Å². The van der Waals surface area contributed by atoms with Gasteiger partial charge in [0.05, 0.1) is 29.3 Å². The van der Waals surface area contributed by atoms with Crippen molar-refractivity contribution in [3.8, 4) is 0 Å². The molecular weight excluding hydrogens is 400 g/mol. The van der Waals surface area contributed by atoms with Crippen LogP contribution in [-0.4, -0.2) is 30.8 Å². The smallest absolute Gasteiger partial charge is 0.258 e. The van der Waals surface area contributed by atoms with Crippen LogP contribution in [0.25, 0.3) is 11.0 Å². The molecule has 0 saturated heterocycles. The van der Waals surface area contributed by atoms with Gasteiger partial charge in [0.1, 0.15) is 10.8 Å². The summed E-state index contributed by atoms with van der Waals surface area (Å²) in [5.74, 6) is 1.17. The Hall–Kier alpha value is -3.20. The monoisotopic (exact) mass is 422 g/mol. The summed E-state index contributed by atoms with van der Waals surface area (Å²) in [6.07, 6.45) is 5.08. The summed E-state index contributed by atoms with van der Waals surface area (Å²) in [5.41, 5.74) is 3.78. The molecule has 0 aliphatic rings. The van der Waals surface area contributed by atoms with Crippen LogP contribution in [0.15, 0.2) is 46.3 Å². The Morgan fingerprint density at radius 1 is 1.27 bits per heavy atom. The number of hydrogen-bond acceptors (Lipinski definition) is 7. The summed E-state index contributed by atoms with van der Waals surface area (Å²) in [5, 5.41) is 12.8. The quantitative estimate of drug-likeness (QED) is 0.455. The summed E-state index contributed by atoms with van der Waals surface area (Å²) in [7, 11) is 0. The molecule has 0 bridgehead atoms. The molecule has 8 nitrogen and oxygen atoms in total. The lowest BCUT2D eigenvalue weighted by Gasteiger charge is -2.10. The number of fused-ring (bicyclic) bond motifs is 1. The second kappa shape index (κ2) is 8.27. The van der Waals surface area contributed by atoms with Gasteiger partial charge in [-0.1, -0.05) is 5.16 Å². The maximum absolute atomic E-state index is 12.9. The van der Waals surface area contributed by atoms with Crippen LogP contribution in [0.2, 0.25) is 0 Å². The first-order valence-electron chi connectivity index (χ1n) is 9.58. The molecule has 4 rings (SSSR count). The van der Waals surface area contributed by atoms with E-state index in [1.54, 1.807) is 30.7 Å². The van der Waals surface area contributed by atoms with Crippen molar-refractivity contribution in [1.29, 1.82) is 0 Å². The highest BCUT2D eigenvalue weighted by atomic mass is 32.2. The van der Waals surface area contributed by atoms with Crippen molar-refractivity contribution in [2.24, 2.45) is 0 Å². The van der Waals surface area contributed by atoms with E-state index in [0.29, 0.717) is 22.0 Å². The second-order valence-electron chi connectivity index (χ2n) is 7.22. The predicted octanol–water partition coefficient (Wildman–Crippen LogP) is 4.56. The second-order valence-corrected chi connectivity index (χ2v) is 8.19. The number of rotatable bonds is 6. The van der Waals surface area contributed by atoms with E-state index in [4.69, 9.17) is 4.52 Å². The van der Waals surface area contributed by atoms with Gasteiger partial charge in [0.25, 0.3) is 5.91 Å². The fourth-order valence-electron chi connectivity index (χ4n) is 3.11. The molecule has 30 heavy (non-hydrogen) atoms. The standard InChI is InChI=1S/C21H22N6O2S/c1-12(2)27-19-15(9-24-27)8-16(10-23-19)25-20(28)17-6-5-7-22-21(17)30-11-18-13(3)26-29-14(18)4/h5-10,12H,11H2,1-4H3,(H,25,28). The number of carbonyl (C=O) groups excluding carboxylic acids is 1. The molecule has 0 aliphatic heterocycles. The number of nitrogens with one attached hydrogen (secondary N) is 1. The minimum Gasteiger partial charge on any atom is -0.361 e. The zero-order valence-corrected chi connectivity index (χ0v) is 18.0. The molecule has 0 saturated carbocycles. The van der Waals surface area contributed by atoms with E-state index in [9.17, 15) is 4.79 Å². The number of anilines is 1. The number of carbonyl (C=O) groups is 1. The van der Waals surface area contributed by atoms with E-state index in [-0.39, 0.29) is 11.9 Å². The first kappa shape index (κ1) is 20.1. The van der Waals surface area contributed by atoms with Crippen LogP contribution in [0.1, 0.15) is 47.3 Å². The SMILES string of the molecule is Cc1noc(C)c1CSc1ncccc1C(=O)Nc1cnc2c(cnn2C(C)C)c1. The third kappa shape index (κ3) is 3.93. The minimum atomic E-state index is -0.234. The van der Waals surface area contributed by atoms with Gasteiger partial charge >= 0.3 is 0 Å². The van der Waals surface area contributed by atoms with Crippen molar-refractivity contribution >= 4 is 34.4 Å². The molecule has 154 valence electrons. The first-order chi connectivity index (χ1) is 14.4. The fourth-order valence-corrected chi connectivity index (χ4v) is 4.26. The van der Waals surface area contributed by atoms with Crippen LogP contribution in [0.4, 0.5) is 5.69 Å². The van der Waals surface area contributed by atoms with Gasteiger partial charge in [0, 0.05) is 28.9 Å². The molecule has 0 atom stereocenters. The number of pyridine rings is 2. The molecule has 9 heteroatoms. The van der Waals surface area contributed by atoms with Gasteiger partial charge in [-0.2, -0.15) is 5.10 Å². The lowest BCUT2D eigenvalue weighted by Crippen LogP contribution is -2.14. The Morgan fingerprint density at radius 2 is 2.10 bits per heavy atom. The topological polar surface area (TPSA) is 98.7 Å². The fraction of sp³-hybridized carbons (Fsp3) is 0.286. The Labute approximate surface area is 178 Å². The van der Waals surface area contributed by atoms with Crippen LogP contribution in [-0.2, 0) is 5.75 Å². The zero-order chi connectivity index (χ0) is 21.3. The molecule has 0 fully saturated rings. The molecule has 0 aliphatic carbocycles. The number of aromatic nitrogens is 5. The highest BCUT2D eigenvalue weighted by Crippen LogP contribution is 2.28. The summed E-state index contributed by atoms with van der Waals surface area (Å²) in [6.45, 7) is 7.89. The molecule has 4 aromatic heterocycles. The molecule has 0 radical (unpaired) electrons. The third-order valence-corrected chi connectivity index (χ3v) is 5.76. The maximum atomic E-state index is 12.9. The molecule has 4 heterocycles. The van der Waals surface area contributed by atoms with Crippen LogP contribution in [0, 0.1) is 13.8 Å². The van der Waals surface area contributed by atoms with Gasteiger partial charge in [-0.05, 0) is 45.9 Å². The van der Waals surface area contributed by atoms with Gasteiger partial charge in [-0.25, -0.2) is 14.6 Å². The molecule has 0 aromatic carbocycles. The Bertz CT molecular complexity index is 1190. The number of nitrogens with zero attached hydrogens (tertiary/aromatic N) is 5. The maximum Gasteiger partial charge on any atom is 0.258 e. The molecule has 0 spiro atoms. The zero-order valence-electron chi connectivity index (χ0n) is 17.2. The van der Waals surface area contributed by atoms with Gasteiger partial charge in [0.2, 0.25) is 0 Å². The normalized spacial score (nSPS) is 11.4. The molecule has 1 amide bonds. The van der Waals surface area contributed by atoms with Crippen molar-refractivity contribution in [3.63, 3.8) is 0 Å². The van der Waals surface area contributed by atoms with E-state index in [1.807, 2.05) is 38.4 Å². The van der Waals surface area contributed by atoms with E-state index in [0.717, 1.165) is 28.1 Å². The van der Waals surface area contributed by atoms with Gasteiger partial charge in [0.15, 0.2) is 5.65 Å². The third-order valence-electron chi connectivity index (χ3n) is 4.73. The van der Waals surface area contributed by atoms with Crippen molar-refractivity contribution < 1.29 is 9.32 Å². The lowest BCUT2D eigenvalue weighted by atomic mass is 10.2. The van der Waals surface area contributed by atoms with E-state index < -0.39 is 0 Å². The van der Waals surface area contributed by atoms with Gasteiger partial charge in [-0.15, -0.1) is 11.8 Å². The van der Waals surface area contributed by atoms with Crippen molar-refractivity contribution in [2.75, 3.05) is 5.32 Å². The highest BCUT2D eigenvalue weighted by molar-refractivity contribution is 7.98. The van der Waals surface area contributed by atoms with Crippen molar-refractivity contribution in [3.05, 3.63) is 59.4 Å². The van der Waals surface area contributed by atoms with Crippen LogP contribution in [0.3, 0.4) is 0 Å². The largest absolute Gasteiger partial charge is 0.361 e. The number of aryl methyl sites for hydroxylation is 2. The Kier molecular flexibility index (Phi) is 5.54. The van der Waals surface area contributed by atoms with E-state index >= 15 is 0 Å². The van der Waals surface area contributed by atoms with Crippen LogP contribution >= 0.6 is 11.8 Å². The predicted molar refractivity (Wildman–Crippen MR) is 116 cm³/mol. The number of hydrogen-bond donors (Lipinski definition) is 1. The average molecular weight is 423 g/mol. The Balaban J connectivity index is 1.53. The molecule has 4 aromatic rings. The summed E-state index contributed by atoms with van der Waals surface area (Å²) >= 11 is 1.48. The number of amides is 1.